The Bertz CT molecular complexity index is 816. The van der Waals surface area contributed by atoms with E-state index in [9.17, 15) is 18.7 Å². The topological polar surface area (TPSA) is 87.8 Å². The number of alkyl halides is 2. The van der Waals surface area contributed by atoms with Gasteiger partial charge in [-0.1, -0.05) is 23.7 Å². The Balaban J connectivity index is 2.34. The number of nitrogens with two attached hydrogens (primary N) is 1. The van der Waals surface area contributed by atoms with E-state index in [1.807, 2.05) is 0 Å². The molecule has 2 rings (SSSR count). The first-order chi connectivity index (χ1) is 12.2. The van der Waals surface area contributed by atoms with Gasteiger partial charge in [0.2, 0.25) is 0 Å². The minimum Gasteiger partial charge on any atom is -0.508 e. The van der Waals surface area contributed by atoms with Gasteiger partial charge in [-0.15, -0.1) is 0 Å². The van der Waals surface area contributed by atoms with E-state index >= 15 is 0 Å². The average Bonchev–Trinajstić information content (AvgIpc) is 2.57. The minimum absolute atomic E-state index is 0.00531. The molecule has 2 aromatic rings. The molecule has 0 heterocycles. The van der Waals surface area contributed by atoms with E-state index in [4.69, 9.17) is 22.2 Å². The number of ether oxygens (including phenoxy) is 1. The molecule has 0 aliphatic rings. The van der Waals surface area contributed by atoms with Crippen molar-refractivity contribution in [2.75, 3.05) is 12.4 Å². The van der Waals surface area contributed by atoms with Crippen molar-refractivity contribution in [1.82, 2.24) is 5.01 Å². The molecule has 140 valence electrons. The fraction of sp³-hybridized carbons (Fsp3) is 0.235. The summed E-state index contributed by atoms with van der Waals surface area (Å²) in [6, 6.07) is 6.24. The highest BCUT2D eigenvalue weighted by Gasteiger charge is 2.19. The number of aromatic hydroxyl groups is 1. The third-order valence-electron chi connectivity index (χ3n) is 3.63. The molecule has 2 aromatic carbocycles. The van der Waals surface area contributed by atoms with Gasteiger partial charge in [0.1, 0.15) is 18.1 Å². The van der Waals surface area contributed by atoms with E-state index in [0.29, 0.717) is 5.56 Å². The number of halogens is 3. The van der Waals surface area contributed by atoms with Crippen molar-refractivity contribution in [1.29, 1.82) is 0 Å². The lowest BCUT2D eigenvalue weighted by molar-refractivity contribution is 0.148. The smallest absolute Gasteiger partial charge is 0.335 e. The van der Waals surface area contributed by atoms with Crippen molar-refractivity contribution >= 4 is 23.3 Å². The maximum Gasteiger partial charge on any atom is 0.335 e. The second-order valence-corrected chi connectivity index (χ2v) is 5.98. The molecule has 4 N–H and O–H groups in total. The number of benzene rings is 2. The van der Waals surface area contributed by atoms with Gasteiger partial charge in [0.25, 0.3) is 6.43 Å². The summed E-state index contributed by atoms with van der Waals surface area (Å²) < 4.78 is 32.3. The van der Waals surface area contributed by atoms with Crippen LogP contribution in [-0.2, 0) is 6.61 Å². The van der Waals surface area contributed by atoms with Crippen LogP contribution in [0.15, 0.2) is 30.3 Å². The maximum atomic E-state index is 13.4. The molecule has 0 aromatic heterocycles. The molecule has 6 nitrogen and oxygen atoms in total. The normalized spacial score (nSPS) is 10.7. The average molecular weight is 386 g/mol. The highest BCUT2D eigenvalue weighted by molar-refractivity contribution is 6.32. The molecule has 9 heteroatoms. The van der Waals surface area contributed by atoms with E-state index in [1.165, 1.54) is 37.4 Å². The summed E-state index contributed by atoms with van der Waals surface area (Å²) in [7, 11) is 1.32. The fourth-order valence-corrected chi connectivity index (χ4v) is 2.41. The lowest BCUT2D eigenvalue weighted by atomic mass is 10.1. The van der Waals surface area contributed by atoms with Gasteiger partial charge >= 0.3 is 6.03 Å². The van der Waals surface area contributed by atoms with E-state index in [-0.39, 0.29) is 39.9 Å². The van der Waals surface area contributed by atoms with Crippen molar-refractivity contribution in [3.63, 3.8) is 0 Å². The van der Waals surface area contributed by atoms with Crippen LogP contribution >= 0.6 is 11.6 Å². The number of amides is 2. The summed E-state index contributed by atoms with van der Waals surface area (Å²) in [4.78, 5) is 11.8. The number of urea groups is 1. The predicted molar refractivity (Wildman–Crippen MR) is 94.6 cm³/mol. The fourth-order valence-electron chi connectivity index (χ4n) is 2.20. The maximum absolute atomic E-state index is 13.4. The minimum atomic E-state index is -2.77. The number of anilines is 1. The van der Waals surface area contributed by atoms with Crippen LogP contribution in [0.2, 0.25) is 5.02 Å². The van der Waals surface area contributed by atoms with Crippen molar-refractivity contribution in [3.05, 3.63) is 52.0 Å². The first-order valence-corrected chi connectivity index (χ1v) is 7.89. The summed E-state index contributed by atoms with van der Waals surface area (Å²) in [5.41, 5.74) is 0.482. The number of nitrogens with one attached hydrogen (secondary N) is 1. The zero-order valence-electron chi connectivity index (χ0n) is 14.1. The van der Waals surface area contributed by atoms with Gasteiger partial charge in [-0.2, -0.15) is 0 Å². The molecule has 0 aliphatic heterocycles. The van der Waals surface area contributed by atoms with Crippen LogP contribution in [0, 0.1) is 6.92 Å². The van der Waals surface area contributed by atoms with Gasteiger partial charge in [0, 0.05) is 29.9 Å². The SMILES string of the molecule is Cc1cc(OCc2c(NC(=O)N(C)N)cccc2C(F)F)c(Cl)cc1O. The molecule has 2 amide bonds. The van der Waals surface area contributed by atoms with Gasteiger partial charge in [0.15, 0.2) is 0 Å². The van der Waals surface area contributed by atoms with Gasteiger partial charge in [0.05, 0.1) is 5.02 Å². The van der Waals surface area contributed by atoms with Crippen LogP contribution in [-0.4, -0.2) is 23.2 Å². The molecule has 0 saturated carbocycles. The summed E-state index contributed by atoms with van der Waals surface area (Å²) in [5, 5.41) is 13.0. The van der Waals surface area contributed by atoms with Crippen molar-refractivity contribution in [3.8, 4) is 11.5 Å². The molecule has 26 heavy (non-hydrogen) atoms. The van der Waals surface area contributed by atoms with E-state index in [1.54, 1.807) is 6.92 Å². The van der Waals surface area contributed by atoms with E-state index < -0.39 is 12.5 Å². The summed E-state index contributed by atoms with van der Waals surface area (Å²) >= 11 is 6.01. The number of phenols is 1. The Hall–Kier alpha value is -2.58. The monoisotopic (exact) mass is 385 g/mol. The van der Waals surface area contributed by atoms with E-state index in [0.717, 1.165) is 5.01 Å². The molecule has 0 saturated heterocycles. The van der Waals surface area contributed by atoms with Crippen LogP contribution in [0.5, 0.6) is 11.5 Å². The summed E-state index contributed by atoms with van der Waals surface area (Å²) in [6.07, 6.45) is -2.77. The Labute approximate surface area is 154 Å². The van der Waals surface area contributed by atoms with Crippen LogP contribution < -0.4 is 15.9 Å². The lowest BCUT2D eigenvalue weighted by Crippen LogP contribution is -2.37. The number of rotatable bonds is 5. The molecule has 0 fully saturated rings. The first kappa shape index (κ1) is 19.7. The number of hydrazine groups is 1. The zero-order chi connectivity index (χ0) is 19.4. The third kappa shape index (κ3) is 4.53. The Morgan fingerprint density at radius 2 is 2.12 bits per heavy atom. The van der Waals surface area contributed by atoms with Crippen molar-refractivity contribution < 1.29 is 23.4 Å². The van der Waals surface area contributed by atoms with Gasteiger partial charge in [-0.25, -0.2) is 19.4 Å². The van der Waals surface area contributed by atoms with Gasteiger partial charge in [-0.3, -0.25) is 5.01 Å². The van der Waals surface area contributed by atoms with Crippen LogP contribution in [0.3, 0.4) is 0 Å². The highest BCUT2D eigenvalue weighted by atomic mass is 35.5. The number of nitrogens with zero attached hydrogens (tertiary/aromatic N) is 1. The number of aryl methyl sites for hydroxylation is 1. The largest absolute Gasteiger partial charge is 0.508 e. The first-order valence-electron chi connectivity index (χ1n) is 7.52. The molecular weight excluding hydrogens is 368 g/mol. The number of phenolic OH excluding ortho intramolecular Hbond substituents is 1. The Morgan fingerprint density at radius 3 is 2.73 bits per heavy atom. The highest BCUT2D eigenvalue weighted by Crippen LogP contribution is 2.34. The Kier molecular flexibility index (Phi) is 6.23. The lowest BCUT2D eigenvalue weighted by Gasteiger charge is -2.18. The van der Waals surface area contributed by atoms with Crippen LogP contribution in [0.4, 0.5) is 19.3 Å². The number of hydrogen-bond acceptors (Lipinski definition) is 4. The quantitative estimate of drug-likeness (QED) is 0.408. The van der Waals surface area contributed by atoms with E-state index in [2.05, 4.69) is 5.32 Å². The summed E-state index contributed by atoms with van der Waals surface area (Å²) in [5.74, 6) is 5.56. The number of carbonyl (C=O) groups is 1. The van der Waals surface area contributed by atoms with Gasteiger partial charge in [-0.05, 0) is 24.6 Å². The summed E-state index contributed by atoms with van der Waals surface area (Å²) in [6.45, 7) is 1.38. The molecule has 0 unspecified atom stereocenters. The second-order valence-electron chi connectivity index (χ2n) is 5.57. The molecule has 0 spiro atoms. The standard InChI is InChI=1S/C17H18ClF2N3O3/c1-9-6-15(12(18)7-14(9)24)26-8-11-10(16(19)20)4-3-5-13(11)22-17(25)23(2)21/h3-7,16,24H,8,21H2,1-2H3,(H,22,25). The number of carbonyl (C=O) groups excluding carboxylic acids is 1. The second kappa shape index (κ2) is 8.20. The predicted octanol–water partition coefficient (Wildman–Crippen LogP) is 4.21. The molecular formula is C17H18ClF2N3O3. The molecule has 0 bridgehead atoms. The van der Waals surface area contributed by atoms with Gasteiger partial charge < -0.3 is 15.2 Å². The zero-order valence-corrected chi connectivity index (χ0v) is 14.8. The third-order valence-corrected chi connectivity index (χ3v) is 3.93. The van der Waals surface area contributed by atoms with Crippen LogP contribution in [0.1, 0.15) is 23.1 Å². The Morgan fingerprint density at radius 1 is 1.42 bits per heavy atom. The van der Waals surface area contributed by atoms with Crippen molar-refractivity contribution in [2.45, 2.75) is 20.0 Å². The number of hydrogen-bond donors (Lipinski definition) is 3. The molecule has 0 radical (unpaired) electrons. The van der Waals surface area contributed by atoms with Crippen molar-refractivity contribution in [2.24, 2.45) is 5.84 Å². The molecule has 0 atom stereocenters. The van der Waals surface area contributed by atoms with Crippen LogP contribution in [0.25, 0.3) is 0 Å². The molecule has 0 aliphatic carbocycles.